The van der Waals surface area contributed by atoms with E-state index in [0.717, 1.165) is 55.7 Å². The summed E-state index contributed by atoms with van der Waals surface area (Å²) in [5.41, 5.74) is 2.05. The van der Waals surface area contributed by atoms with Crippen molar-refractivity contribution in [2.75, 3.05) is 6.54 Å². The second-order valence-electron chi connectivity index (χ2n) is 6.62. The quantitative estimate of drug-likeness (QED) is 0.856. The topological polar surface area (TPSA) is 50.5 Å². The Morgan fingerprint density at radius 3 is 2.86 bits per heavy atom. The summed E-state index contributed by atoms with van der Waals surface area (Å²) in [6.45, 7) is 2.88. The molecular weight excluding hydrogens is 276 g/mol. The fourth-order valence-corrected chi connectivity index (χ4v) is 3.67. The molecule has 0 bridgehead atoms. The molecule has 1 aliphatic heterocycles. The van der Waals surface area contributed by atoms with E-state index >= 15 is 0 Å². The number of carbonyl (C=O) groups is 1. The van der Waals surface area contributed by atoms with Gasteiger partial charge in [0.25, 0.3) is 0 Å². The maximum atomic E-state index is 12.8. The lowest BCUT2D eigenvalue weighted by molar-refractivity contribution is -0.142. The number of aryl methyl sites for hydroxylation is 1. The van der Waals surface area contributed by atoms with Crippen molar-refractivity contribution in [3.05, 3.63) is 30.1 Å². The van der Waals surface area contributed by atoms with Gasteiger partial charge in [-0.3, -0.25) is 9.20 Å². The molecule has 0 aromatic carbocycles. The van der Waals surface area contributed by atoms with Gasteiger partial charge in [-0.25, -0.2) is 9.97 Å². The van der Waals surface area contributed by atoms with E-state index in [1.807, 2.05) is 29.9 Å². The van der Waals surface area contributed by atoms with E-state index in [9.17, 15) is 4.79 Å². The first-order valence-electron chi connectivity index (χ1n) is 8.34. The number of imidazole rings is 1. The third-order valence-electron chi connectivity index (χ3n) is 5.10. The molecule has 2 aliphatic rings. The Bertz CT molecular complexity index is 704. The second kappa shape index (κ2) is 5.38. The van der Waals surface area contributed by atoms with Crippen LogP contribution in [-0.2, 0) is 4.79 Å². The molecule has 3 heterocycles. The average Bonchev–Trinajstić information content (AvgIpc) is 2.92. The zero-order chi connectivity index (χ0) is 15.1. The van der Waals surface area contributed by atoms with Crippen LogP contribution >= 0.6 is 0 Å². The van der Waals surface area contributed by atoms with Crippen LogP contribution in [0.15, 0.2) is 18.6 Å². The third-order valence-corrected chi connectivity index (χ3v) is 5.10. The predicted octanol–water partition coefficient (Wildman–Crippen LogP) is 2.89. The summed E-state index contributed by atoms with van der Waals surface area (Å²) >= 11 is 0. The highest BCUT2D eigenvalue weighted by molar-refractivity contribution is 5.80. The lowest BCUT2D eigenvalue weighted by Crippen LogP contribution is -2.44. The van der Waals surface area contributed by atoms with Gasteiger partial charge in [-0.05, 0) is 45.1 Å². The van der Waals surface area contributed by atoms with Gasteiger partial charge in [0.15, 0.2) is 0 Å². The van der Waals surface area contributed by atoms with Gasteiger partial charge in [0, 0.05) is 18.2 Å². The molecule has 0 radical (unpaired) electrons. The number of piperidine rings is 1. The fraction of sp³-hybridized carbons (Fsp3) is 0.588. The van der Waals surface area contributed by atoms with Crippen molar-refractivity contribution in [2.45, 2.75) is 51.5 Å². The number of nitrogens with zero attached hydrogens (tertiary/aromatic N) is 4. The Balaban J connectivity index is 1.73. The van der Waals surface area contributed by atoms with Crippen molar-refractivity contribution >= 4 is 11.4 Å². The summed E-state index contributed by atoms with van der Waals surface area (Å²) in [6, 6.07) is 2.13. The van der Waals surface area contributed by atoms with E-state index in [1.165, 1.54) is 6.42 Å². The highest BCUT2D eigenvalue weighted by Gasteiger charge is 2.36. The molecule has 2 aromatic rings. The van der Waals surface area contributed by atoms with Crippen molar-refractivity contribution in [1.82, 2.24) is 19.3 Å². The number of likely N-dealkylation sites (tertiary alicyclic amines) is 1. The standard InChI is InChI=1S/C17H22N4O/c1-12-9-14-10-18-11-21(14)16(19-12)15-7-2-3-8-20(15)17(22)13-5-4-6-13/h9-11,13,15H,2-8H2,1H3/t15-/m1/s1. The molecule has 5 heteroatoms. The van der Waals surface area contributed by atoms with E-state index in [2.05, 4.69) is 9.88 Å². The molecule has 2 aromatic heterocycles. The van der Waals surface area contributed by atoms with Crippen molar-refractivity contribution in [1.29, 1.82) is 0 Å². The Labute approximate surface area is 130 Å². The van der Waals surface area contributed by atoms with Gasteiger partial charge in [0.1, 0.15) is 12.2 Å². The third kappa shape index (κ3) is 2.19. The zero-order valence-electron chi connectivity index (χ0n) is 13.0. The molecule has 4 rings (SSSR count). The molecule has 22 heavy (non-hydrogen) atoms. The smallest absolute Gasteiger partial charge is 0.226 e. The lowest BCUT2D eigenvalue weighted by atomic mass is 9.83. The first-order chi connectivity index (χ1) is 10.7. The number of rotatable bonds is 2. The SMILES string of the molecule is Cc1cc2cncn2c([C@H]2CCCCN2C(=O)C2CCC2)n1. The maximum absolute atomic E-state index is 12.8. The first-order valence-corrected chi connectivity index (χ1v) is 8.34. The van der Waals surface area contributed by atoms with Crippen LogP contribution < -0.4 is 0 Å². The summed E-state index contributed by atoms with van der Waals surface area (Å²) in [7, 11) is 0. The largest absolute Gasteiger partial charge is 0.332 e. The van der Waals surface area contributed by atoms with Crippen molar-refractivity contribution in [3.63, 3.8) is 0 Å². The summed E-state index contributed by atoms with van der Waals surface area (Å²) in [6.07, 6.45) is 10.3. The summed E-state index contributed by atoms with van der Waals surface area (Å²) in [5.74, 6) is 1.57. The predicted molar refractivity (Wildman–Crippen MR) is 83.4 cm³/mol. The van der Waals surface area contributed by atoms with E-state index in [-0.39, 0.29) is 12.0 Å². The van der Waals surface area contributed by atoms with Crippen LogP contribution in [0.3, 0.4) is 0 Å². The van der Waals surface area contributed by atoms with Crippen LogP contribution in [0.5, 0.6) is 0 Å². The molecule has 1 saturated carbocycles. The van der Waals surface area contributed by atoms with E-state index in [4.69, 9.17) is 4.98 Å². The number of fused-ring (bicyclic) bond motifs is 1. The normalized spacial score (nSPS) is 22.8. The van der Waals surface area contributed by atoms with E-state index in [1.54, 1.807) is 0 Å². The van der Waals surface area contributed by atoms with Gasteiger partial charge in [0.2, 0.25) is 5.91 Å². The zero-order valence-corrected chi connectivity index (χ0v) is 13.0. The molecule has 1 aliphatic carbocycles. The van der Waals surface area contributed by atoms with Crippen molar-refractivity contribution < 1.29 is 4.79 Å². The van der Waals surface area contributed by atoms with Crippen LogP contribution in [-0.4, -0.2) is 31.7 Å². The van der Waals surface area contributed by atoms with Crippen LogP contribution in [0.2, 0.25) is 0 Å². The summed E-state index contributed by atoms with van der Waals surface area (Å²) in [4.78, 5) is 23.9. The average molecular weight is 298 g/mol. The van der Waals surface area contributed by atoms with Crippen LogP contribution in [0.25, 0.3) is 5.52 Å². The number of hydrogen-bond acceptors (Lipinski definition) is 3. The molecular formula is C17H22N4O. The Morgan fingerprint density at radius 2 is 2.09 bits per heavy atom. The van der Waals surface area contributed by atoms with Gasteiger partial charge >= 0.3 is 0 Å². The lowest BCUT2D eigenvalue weighted by Gasteiger charge is -2.39. The number of carbonyl (C=O) groups excluding carboxylic acids is 1. The molecule has 0 spiro atoms. The molecule has 1 amide bonds. The minimum atomic E-state index is 0.0958. The number of hydrogen-bond donors (Lipinski definition) is 0. The van der Waals surface area contributed by atoms with Gasteiger partial charge < -0.3 is 4.90 Å². The number of amides is 1. The van der Waals surface area contributed by atoms with Gasteiger partial charge in [0.05, 0.1) is 17.8 Å². The summed E-state index contributed by atoms with van der Waals surface area (Å²) < 4.78 is 2.05. The molecule has 1 atom stereocenters. The van der Waals surface area contributed by atoms with Gasteiger partial charge in [-0.2, -0.15) is 0 Å². The van der Waals surface area contributed by atoms with Gasteiger partial charge in [-0.15, -0.1) is 0 Å². The minimum absolute atomic E-state index is 0.0958. The van der Waals surface area contributed by atoms with Crippen LogP contribution in [0, 0.1) is 12.8 Å². The molecule has 2 fully saturated rings. The van der Waals surface area contributed by atoms with Gasteiger partial charge in [-0.1, -0.05) is 6.42 Å². The second-order valence-corrected chi connectivity index (χ2v) is 6.62. The molecule has 0 N–H and O–H groups in total. The monoisotopic (exact) mass is 298 g/mol. The molecule has 1 saturated heterocycles. The van der Waals surface area contributed by atoms with Crippen LogP contribution in [0.4, 0.5) is 0 Å². The van der Waals surface area contributed by atoms with E-state index < -0.39 is 0 Å². The first kappa shape index (κ1) is 13.7. The fourth-order valence-electron chi connectivity index (χ4n) is 3.67. The molecule has 5 nitrogen and oxygen atoms in total. The molecule has 116 valence electrons. The van der Waals surface area contributed by atoms with E-state index in [0.29, 0.717) is 5.91 Å². The maximum Gasteiger partial charge on any atom is 0.226 e. The highest BCUT2D eigenvalue weighted by Crippen LogP contribution is 2.36. The Hall–Kier alpha value is -1.91. The van der Waals surface area contributed by atoms with Crippen LogP contribution in [0.1, 0.15) is 56.1 Å². The number of aromatic nitrogens is 3. The molecule has 0 unspecified atom stereocenters. The Morgan fingerprint density at radius 1 is 1.23 bits per heavy atom. The minimum Gasteiger partial charge on any atom is -0.332 e. The summed E-state index contributed by atoms with van der Waals surface area (Å²) in [5, 5.41) is 0. The Kier molecular flexibility index (Phi) is 3.36. The highest BCUT2D eigenvalue weighted by atomic mass is 16.2. The van der Waals surface area contributed by atoms with Crippen molar-refractivity contribution in [3.8, 4) is 0 Å². The van der Waals surface area contributed by atoms with Crippen molar-refractivity contribution in [2.24, 2.45) is 5.92 Å².